The molecule has 0 bridgehead atoms. The molecule has 3 aromatic rings. The summed E-state index contributed by atoms with van der Waals surface area (Å²) in [5.41, 5.74) is 1.09. The second-order valence-corrected chi connectivity index (χ2v) is 4.97. The number of fused-ring (bicyclic) bond motifs is 1. The Kier molecular flexibility index (Phi) is 4.16. The van der Waals surface area contributed by atoms with Crippen molar-refractivity contribution in [1.29, 1.82) is 0 Å². The van der Waals surface area contributed by atoms with Gasteiger partial charge in [-0.25, -0.2) is 4.79 Å². The predicted molar refractivity (Wildman–Crippen MR) is 80.8 cm³/mol. The number of carbonyl (C=O) groups is 1. The van der Waals surface area contributed by atoms with E-state index in [1.165, 1.54) is 22.4 Å². The van der Waals surface area contributed by atoms with E-state index in [4.69, 9.17) is 14.4 Å². The van der Waals surface area contributed by atoms with Crippen LogP contribution in [-0.2, 0) is 17.8 Å². The first-order valence-electron chi connectivity index (χ1n) is 6.97. The van der Waals surface area contributed by atoms with E-state index in [9.17, 15) is 4.79 Å². The standard InChI is InChI=1S/C17H15NO4/c19-17(20)16-10-15(22-18-16)11-21-8-7-12-5-6-13-3-1-2-4-14(13)9-12/h1-6,9-10H,7-8,11H2,(H,19,20). The molecule has 0 fully saturated rings. The molecule has 0 saturated carbocycles. The lowest BCUT2D eigenvalue weighted by Gasteiger charge is -2.04. The van der Waals surface area contributed by atoms with Gasteiger partial charge >= 0.3 is 5.97 Å². The van der Waals surface area contributed by atoms with Crippen LogP contribution in [0.1, 0.15) is 21.8 Å². The van der Waals surface area contributed by atoms with Gasteiger partial charge in [-0.3, -0.25) is 0 Å². The predicted octanol–water partition coefficient (Wildman–Crippen LogP) is 3.29. The van der Waals surface area contributed by atoms with E-state index in [0.29, 0.717) is 12.4 Å². The zero-order chi connectivity index (χ0) is 15.4. The van der Waals surface area contributed by atoms with Gasteiger partial charge in [0.25, 0.3) is 0 Å². The highest BCUT2D eigenvalue weighted by Gasteiger charge is 2.10. The molecule has 5 nitrogen and oxygen atoms in total. The van der Waals surface area contributed by atoms with Gasteiger partial charge in [-0.1, -0.05) is 47.6 Å². The number of carboxylic acid groups (broad SMARTS) is 1. The molecule has 0 saturated heterocycles. The summed E-state index contributed by atoms with van der Waals surface area (Å²) in [6.07, 6.45) is 0.782. The Morgan fingerprint density at radius 3 is 2.73 bits per heavy atom. The van der Waals surface area contributed by atoms with E-state index in [1.54, 1.807) is 0 Å². The van der Waals surface area contributed by atoms with Crippen molar-refractivity contribution < 1.29 is 19.2 Å². The fourth-order valence-electron chi connectivity index (χ4n) is 2.24. The number of hydrogen-bond donors (Lipinski definition) is 1. The minimum atomic E-state index is -1.11. The third-order valence-electron chi connectivity index (χ3n) is 3.37. The number of ether oxygens (including phenoxy) is 1. The summed E-state index contributed by atoms with van der Waals surface area (Å²) in [4.78, 5) is 10.7. The van der Waals surface area contributed by atoms with E-state index in [1.807, 2.05) is 12.1 Å². The van der Waals surface area contributed by atoms with Gasteiger partial charge in [0, 0.05) is 6.07 Å². The van der Waals surface area contributed by atoms with Crippen LogP contribution in [0, 0.1) is 0 Å². The lowest BCUT2D eigenvalue weighted by atomic mass is 10.1. The summed E-state index contributed by atoms with van der Waals surface area (Å²) in [7, 11) is 0. The fourth-order valence-corrected chi connectivity index (χ4v) is 2.24. The zero-order valence-corrected chi connectivity index (χ0v) is 11.9. The van der Waals surface area contributed by atoms with Gasteiger partial charge < -0.3 is 14.4 Å². The summed E-state index contributed by atoms with van der Waals surface area (Å²) in [5, 5.41) is 14.6. The number of hydrogen-bond acceptors (Lipinski definition) is 4. The average molecular weight is 297 g/mol. The van der Waals surface area contributed by atoms with Crippen molar-refractivity contribution in [3.05, 3.63) is 65.5 Å². The highest BCUT2D eigenvalue weighted by Crippen LogP contribution is 2.16. The lowest BCUT2D eigenvalue weighted by molar-refractivity contribution is 0.0684. The van der Waals surface area contributed by atoms with Gasteiger partial charge in [0.2, 0.25) is 0 Å². The molecule has 112 valence electrons. The van der Waals surface area contributed by atoms with Crippen molar-refractivity contribution in [2.75, 3.05) is 6.61 Å². The summed E-state index contributed by atoms with van der Waals surface area (Å²) < 4.78 is 10.4. The van der Waals surface area contributed by atoms with Crippen LogP contribution in [-0.4, -0.2) is 22.8 Å². The van der Waals surface area contributed by atoms with Crippen LogP contribution < -0.4 is 0 Å². The van der Waals surface area contributed by atoms with Crippen molar-refractivity contribution in [3.63, 3.8) is 0 Å². The molecule has 3 rings (SSSR count). The van der Waals surface area contributed by atoms with E-state index >= 15 is 0 Å². The van der Waals surface area contributed by atoms with Crippen LogP contribution in [0.2, 0.25) is 0 Å². The minimum Gasteiger partial charge on any atom is -0.476 e. The highest BCUT2D eigenvalue weighted by molar-refractivity contribution is 5.85. The Hall–Kier alpha value is -2.66. The third-order valence-corrected chi connectivity index (χ3v) is 3.37. The Bertz CT molecular complexity index is 794. The molecule has 0 atom stereocenters. The minimum absolute atomic E-state index is 0.104. The Balaban J connectivity index is 1.52. The van der Waals surface area contributed by atoms with E-state index in [0.717, 1.165) is 6.42 Å². The molecule has 0 spiro atoms. The zero-order valence-electron chi connectivity index (χ0n) is 11.9. The molecule has 22 heavy (non-hydrogen) atoms. The van der Waals surface area contributed by atoms with Crippen molar-refractivity contribution in [2.24, 2.45) is 0 Å². The molecular formula is C17H15NO4. The molecule has 5 heteroatoms. The maximum atomic E-state index is 10.7. The third kappa shape index (κ3) is 3.32. The monoisotopic (exact) mass is 297 g/mol. The van der Waals surface area contributed by atoms with Crippen LogP contribution in [0.3, 0.4) is 0 Å². The molecule has 1 aromatic heterocycles. The van der Waals surface area contributed by atoms with Crippen LogP contribution >= 0.6 is 0 Å². The van der Waals surface area contributed by atoms with Crippen molar-refractivity contribution in [1.82, 2.24) is 5.16 Å². The maximum absolute atomic E-state index is 10.7. The average Bonchev–Trinajstić information content (AvgIpc) is 3.00. The number of rotatable bonds is 6. The molecule has 0 aliphatic rings. The first kappa shape index (κ1) is 14.3. The van der Waals surface area contributed by atoms with Crippen LogP contribution in [0.25, 0.3) is 10.8 Å². The summed E-state index contributed by atoms with van der Waals surface area (Å²) in [5.74, 6) is -0.693. The molecule has 1 heterocycles. The summed E-state index contributed by atoms with van der Waals surface area (Å²) >= 11 is 0. The molecular weight excluding hydrogens is 282 g/mol. The number of aromatic carboxylic acids is 1. The van der Waals surface area contributed by atoms with Gasteiger partial charge in [0.1, 0.15) is 6.61 Å². The van der Waals surface area contributed by atoms with E-state index in [2.05, 4.69) is 35.5 Å². The first-order chi connectivity index (χ1) is 10.7. The topological polar surface area (TPSA) is 72.6 Å². The molecule has 0 aliphatic carbocycles. The van der Waals surface area contributed by atoms with Gasteiger partial charge in [0.05, 0.1) is 6.61 Å². The second-order valence-electron chi connectivity index (χ2n) is 4.97. The fraction of sp³-hybridized carbons (Fsp3) is 0.176. The van der Waals surface area contributed by atoms with E-state index in [-0.39, 0.29) is 12.3 Å². The Morgan fingerprint density at radius 2 is 1.95 bits per heavy atom. The quantitative estimate of drug-likeness (QED) is 0.707. The molecule has 0 unspecified atom stereocenters. The number of benzene rings is 2. The summed E-state index contributed by atoms with van der Waals surface area (Å²) in [6.45, 7) is 0.745. The molecule has 2 aromatic carbocycles. The highest BCUT2D eigenvalue weighted by atomic mass is 16.5. The smallest absolute Gasteiger partial charge is 0.358 e. The van der Waals surface area contributed by atoms with Crippen LogP contribution in [0.15, 0.2) is 53.1 Å². The lowest BCUT2D eigenvalue weighted by Crippen LogP contribution is -1.99. The Morgan fingerprint density at radius 1 is 1.14 bits per heavy atom. The second kappa shape index (κ2) is 6.41. The van der Waals surface area contributed by atoms with Gasteiger partial charge in [0.15, 0.2) is 11.5 Å². The molecule has 0 radical (unpaired) electrons. The number of carboxylic acids is 1. The van der Waals surface area contributed by atoms with E-state index < -0.39 is 5.97 Å². The van der Waals surface area contributed by atoms with Crippen LogP contribution in [0.4, 0.5) is 0 Å². The van der Waals surface area contributed by atoms with Crippen molar-refractivity contribution in [2.45, 2.75) is 13.0 Å². The molecule has 1 N–H and O–H groups in total. The van der Waals surface area contributed by atoms with Gasteiger partial charge in [-0.15, -0.1) is 0 Å². The summed E-state index contributed by atoms with van der Waals surface area (Å²) in [6, 6.07) is 15.9. The number of aromatic nitrogens is 1. The Labute approximate surface area is 127 Å². The SMILES string of the molecule is O=C(O)c1cc(COCCc2ccc3ccccc3c2)on1. The van der Waals surface area contributed by atoms with Gasteiger partial charge in [-0.05, 0) is 22.8 Å². The molecule has 0 aliphatic heterocycles. The molecule has 0 amide bonds. The largest absolute Gasteiger partial charge is 0.476 e. The van der Waals surface area contributed by atoms with Gasteiger partial charge in [-0.2, -0.15) is 0 Å². The van der Waals surface area contributed by atoms with Crippen molar-refractivity contribution in [3.8, 4) is 0 Å². The maximum Gasteiger partial charge on any atom is 0.358 e. The van der Waals surface area contributed by atoms with Crippen LogP contribution in [0.5, 0.6) is 0 Å². The number of nitrogens with zero attached hydrogens (tertiary/aromatic N) is 1. The first-order valence-corrected chi connectivity index (χ1v) is 6.97. The normalized spacial score (nSPS) is 10.9. The van der Waals surface area contributed by atoms with Crippen molar-refractivity contribution >= 4 is 16.7 Å².